The first-order valence-electron chi connectivity index (χ1n) is 9.33. The molecule has 1 aromatic carbocycles. The number of hydrogen-bond acceptors (Lipinski definition) is 4. The van der Waals surface area contributed by atoms with Crippen molar-refractivity contribution in [3.63, 3.8) is 0 Å². The van der Waals surface area contributed by atoms with E-state index in [1.807, 2.05) is 37.6 Å². The molecule has 3 rings (SSSR count). The van der Waals surface area contributed by atoms with Crippen LogP contribution in [0, 0.1) is 0 Å². The number of rotatable bonds is 5. The van der Waals surface area contributed by atoms with Crippen LogP contribution in [-0.4, -0.2) is 60.8 Å². The van der Waals surface area contributed by atoms with Gasteiger partial charge in [-0.25, -0.2) is 0 Å². The summed E-state index contributed by atoms with van der Waals surface area (Å²) in [5.74, 6) is 0.702. The van der Waals surface area contributed by atoms with Gasteiger partial charge < -0.3 is 15.1 Å². The Morgan fingerprint density at radius 2 is 1.93 bits per heavy atom. The molecule has 0 aromatic heterocycles. The molecule has 1 atom stereocenters. The molecule has 27 heavy (non-hydrogen) atoms. The Kier molecular flexibility index (Phi) is 5.79. The number of anilines is 1. The van der Waals surface area contributed by atoms with Crippen molar-refractivity contribution >= 4 is 35.2 Å². The third kappa shape index (κ3) is 3.57. The van der Waals surface area contributed by atoms with Crippen LogP contribution in [0.25, 0.3) is 0 Å². The minimum atomic E-state index is -0.523. The molecule has 1 unspecified atom stereocenters. The number of piperidine rings is 1. The van der Waals surface area contributed by atoms with Gasteiger partial charge in [0.05, 0.1) is 5.41 Å². The highest BCUT2D eigenvalue weighted by atomic mass is 32.2. The SMILES string of the molecule is CSCCC(NC(C)=O)C(=O)N1CCC2(CC1)C(=O)N(C)c1ccccc12. The van der Waals surface area contributed by atoms with Crippen molar-refractivity contribution < 1.29 is 14.4 Å². The summed E-state index contributed by atoms with van der Waals surface area (Å²) in [7, 11) is 1.82. The average Bonchev–Trinajstić information content (AvgIpc) is 2.88. The number of amides is 3. The Hall–Kier alpha value is -2.02. The normalized spacial score (nSPS) is 19.1. The topological polar surface area (TPSA) is 69.7 Å². The molecule has 0 saturated carbocycles. The van der Waals surface area contributed by atoms with Crippen LogP contribution in [0.4, 0.5) is 5.69 Å². The maximum atomic E-state index is 13.0. The zero-order chi connectivity index (χ0) is 19.6. The van der Waals surface area contributed by atoms with Crippen molar-refractivity contribution in [2.45, 2.75) is 37.6 Å². The van der Waals surface area contributed by atoms with Gasteiger partial charge in [0.15, 0.2) is 0 Å². The molecule has 2 aliphatic heterocycles. The van der Waals surface area contributed by atoms with Crippen molar-refractivity contribution in [3.8, 4) is 0 Å². The Morgan fingerprint density at radius 1 is 1.26 bits per heavy atom. The van der Waals surface area contributed by atoms with Gasteiger partial charge in [0.25, 0.3) is 0 Å². The molecule has 7 heteroatoms. The number of para-hydroxylation sites is 1. The van der Waals surface area contributed by atoms with E-state index in [0.29, 0.717) is 32.4 Å². The summed E-state index contributed by atoms with van der Waals surface area (Å²) in [6.45, 7) is 2.50. The van der Waals surface area contributed by atoms with Crippen molar-refractivity contribution in [1.29, 1.82) is 0 Å². The fourth-order valence-corrected chi connectivity index (χ4v) is 4.74. The molecule has 1 N–H and O–H groups in total. The van der Waals surface area contributed by atoms with E-state index in [0.717, 1.165) is 17.0 Å². The molecular weight excluding hydrogens is 362 g/mol. The first-order chi connectivity index (χ1) is 12.9. The van der Waals surface area contributed by atoms with E-state index >= 15 is 0 Å². The Bertz CT molecular complexity index is 744. The van der Waals surface area contributed by atoms with Crippen LogP contribution in [0.5, 0.6) is 0 Å². The molecule has 1 saturated heterocycles. The number of hydrogen-bond donors (Lipinski definition) is 1. The van der Waals surface area contributed by atoms with Crippen molar-refractivity contribution in [2.24, 2.45) is 0 Å². The molecule has 1 spiro atoms. The molecule has 146 valence electrons. The van der Waals surface area contributed by atoms with E-state index in [2.05, 4.69) is 5.32 Å². The monoisotopic (exact) mass is 389 g/mol. The first-order valence-corrected chi connectivity index (χ1v) is 10.7. The lowest BCUT2D eigenvalue weighted by Crippen LogP contribution is -2.54. The summed E-state index contributed by atoms with van der Waals surface area (Å²) in [5, 5.41) is 2.79. The zero-order valence-electron chi connectivity index (χ0n) is 16.2. The van der Waals surface area contributed by atoms with Crippen molar-refractivity contribution in [1.82, 2.24) is 10.2 Å². The highest BCUT2D eigenvalue weighted by molar-refractivity contribution is 7.98. The summed E-state index contributed by atoms with van der Waals surface area (Å²) in [5.41, 5.74) is 1.52. The lowest BCUT2D eigenvalue weighted by Gasteiger charge is -2.39. The maximum Gasteiger partial charge on any atom is 0.245 e. The van der Waals surface area contributed by atoms with Gasteiger partial charge in [-0.15, -0.1) is 0 Å². The summed E-state index contributed by atoms with van der Waals surface area (Å²) in [6.07, 6.45) is 3.84. The van der Waals surface area contributed by atoms with Gasteiger partial charge in [0.2, 0.25) is 17.7 Å². The van der Waals surface area contributed by atoms with Gasteiger partial charge in [-0.3, -0.25) is 14.4 Å². The minimum Gasteiger partial charge on any atom is -0.345 e. The standard InChI is InChI=1S/C20H27N3O3S/c1-14(24)21-16(8-13-27-3)18(25)23-11-9-20(10-12-23)15-6-4-5-7-17(15)22(2)19(20)26/h4-7,16H,8-13H2,1-3H3,(H,21,24). The molecule has 2 aliphatic rings. The predicted molar refractivity (Wildman–Crippen MR) is 108 cm³/mol. The Balaban J connectivity index is 1.74. The number of fused-ring (bicyclic) bond motifs is 2. The van der Waals surface area contributed by atoms with Gasteiger partial charge in [0, 0.05) is 32.7 Å². The van der Waals surface area contributed by atoms with Gasteiger partial charge in [0.1, 0.15) is 6.04 Å². The molecular formula is C20H27N3O3S. The fraction of sp³-hybridized carbons (Fsp3) is 0.550. The zero-order valence-corrected chi connectivity index (χ0v) is 17.0. The van der Waals surface area contributed by atoms with Gasteiger partial charge in [-0.2, -0.15) is 11.8 Å². The molecule has 0 aliphatic carbocycles. The van der Waals surface area contributed by atoms with E-state index in [4.69, 9.17) is 0 Å². The number of nitrogens with zero attached hydrogens (tertiary/aromatic N) is 2. The second kappa shape index (κ2) is 7.92. The van der Waals surface area contributed by atoms with E-state index in [-0.39, 0.29) is 17.7 Å². The smallest absolute Gasteiger partial charge is 0.245 e. The molecule has 0 bridgehead atoms. The highest BCUT2D eigenvalue weighted by Crippen LogP contribution is 2.47. The van der Waals surface area contributed by atoms with Crippen LogP contribution in [0.15, 0.2) is 24.3 Å². The van der Waals surface area contributed by atoms with Crippen LogP contribution in [-0.2, 0) is 19.8 Å². The average molecular weight is 390 g/mol. The lowest BCUT2D eigenvalue weighted by molar-refractivity contribution is -0.139. The molecule has 3 amide bonds. The fourth-order valence-electron chi connectivity index (χ4n) is 4.27. The molecule has 0 radical (unpaired) electrons. The third-order valence-corrected chi connectivity index (χ3v) is 6.35. The van der Waals surface area contributed by atoms with E-state index in [9.17, 15) is 14.4 Å². The second-order valence-corrected chi connectivity index (χ2v) is 8.31. The number of nitrogens with one attached hydrogen (secondary N) is 1. The quantitative estimate of drug-likeness (QED) is 0.833. The predicted octanol–water partition coefficient (Wildman–Crippen LogP) is 1.78. The number of likely N-dealkylation sites (tertiary alicyclic amines) is 1. The van der Waals surface area contributed by atoms with Gasteiger partial charge in [-0.1, -0.05) is 18.2 Å². The number of carbonyl (C=O) groups is 3. The van der Waals surface area contributed by atoms with E-state index in [1.165, 1.54) is 6.92 Å². The van der Waals surface area contributed by atoms with E-state index in [1.54, 1.807) is 21.6 Å². The molecule has 1 aromatic rings. The highest BCUT2D eigenvalue weighted by Gasteiger charge is 2.51. The van der Waals surface area contributed by atoms with Crippen molar-refractivity contribution in [2.75, 3.05) is 37.0 Å². The maximum absolute atomic E-state index is 13.0. The molecule has 1 fully saturated rings. The Labute approximate surface area is 164 Å². The first kappa shape index (κ1) is 19.7. The summed E-state index contributed by atoms with van der Waals surface area (Å²) < 4.78 is 0. The third-order valence-electron chi connectivity index (χ3n) is 5.71. The van der Waals surface area contributed by atoms with Crippen LogP contribution in [0.2, 0.25) is 0 Å². The van der Waals surface area contributed by atoms with Crippen LogP contribution >= 0.6 is 11.8 Å². The minimum absolute atomic E-state index is 0.0406. The number of benzene rings is 1. The van der Waals surface area contributed by atoms with Gasteiger partial charge in [-0.05, 0) is 42.9 Å². The Morgan fingerprint density at radius 3 is 2.56 bits per heavy atom. The number of carbonyl (C=O) groups excluding carboxylic acids is 3. The second-order valence-electron chi connectivity index (χ2n) is 7.32. The summed E-state index contributed by atoms with van der Waals surface area (Å²) in [6, 6.07) is 7.45. The number of likely N-dealkylation sites (N-methyl/N-ethyl adjacent to an activating group) is 1. The molecule has 2 heterocycles. The van der Waals surface area contributed by atoms with Crippen LogP contribution < -0.4 is 10.2 Å². The molecule has 6 nitrogen and oxygen atoms in total. The van der Waals surface area contributed by atoms with E-state index < -0.39 is 11.5 Å². The largest absolute Gasteiger partial charge is 0.345 e. The number of thioether (sulfide) groups is 1. The van der Waals surface area contributed by atoms with Gasteiger partial charge >= 0.3 is 0 Å². The van der Waals surface area contributed by atoms with Crippen LogP contribution in [0.1, 0.15) is 31.7 Å². The van der Waals surface area contributed by atoms with Crippen molar-refractivity contribution in [3.05, 3.63) is 29.8 Å². The van der Waals surface area contributed by atoms with Crippen LogP contribution in [0.3, 0.4) is 0 Å². The lowest BCUT2D eigenvalue weighted by atomic mass is 9.73. The summed E-state index contributed by atoms with van der Waals surface area (Å²) >= 11 is 1.66. The summed E-state index contributed by atoms with van der Waals surface area (Å²) in [4.78, 5) is 41.0.